The molecule has 2 aromatic heterocycles. The van der Waals surface area contributed by atoms with Gasteiger partial charge in [0.2, 0.25) is 5.91 Å². The molecule has 0 bridgehead atoms. The van der Waals surface area contributed by atoms with E-state index in [-0.39, 0.29) is 25.1 Å². The van der Waals surface area contributed by atoms with Crippen molar-refractivity contribution in [1.82, 2.24) is 14.9 Å². The summed E-state index contributed by atoms with van der Waals surface area (Å²) in [5.74, 6) is -0.990. The second kappa shape index (κ2) is 10.1. The van der Waals surface area contributed by atoms with Gasteiger partial charge in [0.25, 0.3) is 0 Å². The number of hydrogen-bond acceptors (Lipinski definition) is 4. The number of amides is 1. The van der Waals surface area contributed by atoms with Gasteiger partial charge in [-0.15, -0.1) is 0 Å². The SMILES string of the molecule is O=C(Cc1cnc(C(F)(F)F)c(Cl)c1)N(Cc1cccc(F)c1)CC(O)c1cccnc1. The van der Waals surface area contributed by atoms with Gasteiger partial charge < -0.3 is 10.0 Å². The summed E-state index contributed by atoms with van der Waals surface area (Å²) >= 11 is 5.69. The minimum atomic E-state index is -4.71. The number of carbonyl (C=O) groups is 1. The maximum atomic E-state index is 13.6. The topological polar surface area (TPSA) is 66.3 Å². The van der Waals surface area contributed by atoms with E-state index >= 15 is 0 Å². The van der Waals surface area contributed by atoms with Gasteiger partial charge in [-0.2, -0.15) is 13.2 Å². The Morgan fingerprint density at radius 2 is 1.91 bits per heavy atom. The van der Waals surface area contributed by atoms with E-state index < -0.39 is 34.7 Å². The second-order valence-corrected chi connectivity index (χ2v) is 7.46. The van der Waals surface area contributed by atoms with Crippen LogP contribution in [0.2, 0.25) is 5.02 Å². The Kier molecular flexibility index (Phi) is 7.42. The second-order valence-electron chi connectivity index (χ2n) is 7.05. The highest BCUT2D eigenvalue weighted by Gasteiger charge is 2.35. The fraction of sp³-hybridized carbons (Fsp3) is 0.227. The Labute approximate surface area is 186 Å². The highest BCUT2D eigenvalue weighted by atomic mass is 35.5. The molecule has 1 unspecified atom stereocenters. The molecule has 10 heteroatoms. The number of alkyl halides is 3. The number of nitrogens with zero attached hydrogens (tertiary/aromatic N) is 3. The molecule has 0 aliphatic rings. The van der Waals surface area contributed by atoms with Crippen LogP contribution in [0.15, 0.2) is 61.1 Å². The molecule has 5 nitrogen and oxygen atoms in total. The molecule has 1 aromatic carbocycles. The van der Waals surface area contributed by atoms with Crippen molar-refractivity contribution in [2.24, 2.45) is 0 Å². The molecule has 0 aliphatic heterocycles. The van der Waals surface area contributed by atoms with Gasteiger partial charge in [-0.3, -0.25) is 14.8 Å². The average molecular weight is 468 g/mol. The quantitative estimate of drug-likeness (QED) is 0.516. The van der Waals surface area contributed by atoms with Gasteiger partial charge in [-0.25, -0.2) is 4.39 Å². The van der Waals surface area contributed by atoms with Gasteiger partial charge in [0.15, 0.2) is 5.69 Å². The highest BCUT2D eigenvalue weighted by Crippen LogP contribution is 2.33. The number of rotatable bonds is 7. The maximum absolute atomic E-state index is 13.6. The Bertz CT molecular complexity index is 1080. The molecule has 0 fully saturated rings. The number of hydrogen-bond donors (Lipinski definition) is 1. The van der Waals surface area contributed by atoms with E-state index in [2.05, 4.69) is 9.97 Å². The highest BCUT2D eigenvalue weighted by molar-refractivity contribution is 6.31. The van der Waals surface area contributed by atoms with E-state index in [9.17, 15) is 27.5 Å². The fourth-order valence-corrected chi connectivity index (χ4v) is 3.36. The molecule has 0 aliphatic carbocycles. The van der Waals surface area contributed by atoms with Crippen molar-refractivity contribution in [2.45, 2.75) is 25.2 Å². The number of aliphatic hydroxyl groups is 1. The summed E-state index contributed by atoms with van der Waals surface area (Å²) in [5.41, 5.74) is -0.101. The number of carbonyl (C=O) groups excluding carboxylic acids is 1. The molecule has 1 amide bonds. The van der Waals surface area contributed by atoms with Crippen LogP contribution in [-0.2, 0) is 23.9 Å². The first-order chi connectivity index (χ1) is 15.1. The van der Waals surface area contributed by atoms with Crippen molar-refractivity contribution in [2.75, 3.05) is 6.54 Å². The third-order valence-electron chi connectivity index (χ3n) is 4.60. The van der Waals surface area contributed by atoms with Crippen molar-refractivity contribution in [3.8, 4) is 0 Å². The first-order valence-corrected chi connectivity index (χ1v) is 9.83. The van der Waals surface area contributed by atoms with Gasteiger partial charge in [-0.05, 0) is 35.4 Å². The van der Waals surface area contributed by atoms with Crippen molar-refractivity contribution in [3.63, 3.8) is 0 Å². The van der Waals surface area contributed by atoms with Crippen LogP contribution in [0.1, 0.15) is 28.5 Å². The predicted molar refractivity (Wildman–Crippen MR) is 109 cm³/mol. The van der Waals surface area contributed by atoms with Crippen LogP contribution in [0, 0.1) is 5.82 Å². The lowest BCUT2D eigenvalue weighted by Gasteiger charge is -2.26. The Morgan fingerprint density at radius 1 is 1.12 bits per heavy atom. The lowest BCUT2D eigenvalue weighted by atomic mass is 10.1. The normalized spacial score (nSPS) is 12.4. The largest absolute Gasteiger partial charge is 0.434 e. The fourth-order valence-electron chi connectivity index (χ4n) is 3.07. The Hall–Kier alpha value is -3.04. The van der Waals surface area contributed by atoms with Crippen molar-refractivity contribution < 1.29 is 27.5 Å². The molecular weight excluding hydrogens is 450 g/mol. The third-order valence-corrected chi connectivity index (χ3v) is 4.89. The Balaban J connectivity index is 1.81. The van der Waals surface area contributed by atoms with Crippen LogP contribution >= 0.6 is 11.6 Å². The third kappa shape index (κ3) is 6.24. The Morgan fingerprint density at radius 3 is 2.53 bits per heavy atom. The first kappa shape index (κ1) is 23.6. The van der Waals surface area contributed by atoms with Crippen LogP contribution in [0.25, 0.3) is 0 Å². The monoisotopic (exact) mass is 467 g/mol. The van der Waals surface area contributed by atoms with Gasteiger partial charge in [0, 0.05) is 30.7 Å². The lowest BCUT2D eigenvalue weighted by molar-refractivity contribution is -0.141. The summed E-state index contributed by atoms with van der Waals surface area (Å²) < 4.78 is 52.2. The van der Waals surface area contributed by atoms with Crippen LogP contribution in [0.4, 0.5) is 17.6 Å². The van der Waals surface area contributed by atoms with Gasteiger partial charge in [0.1, 0.15) is 5.82 Å². The standard InChI is InChI=1S/C22H18ClF4N3O2/c23-18-8-15(10-29-21(18)22(25,26)27)9-20(32)30(12-14-3-1-5-17(24)7-14)13-19(31)16-4-2-6-28-11-16/h1-8,10-11,19,31H,9,12-13H2. The van der Waals surface area contributed by atoms with Crippen LogP contribution < -0.4 is 0 Å². The van der Waals surface area contributed by atoms with E-state index in [0.29, 0.717) is 11.1 Å². The summed E-state index contributed by atoms with van der Waals surface area (Å²) in [5, 5.41) is 9.93. The molecular formula is C22H18ClF4N3O2. The van der Waals surface area contributed by atoms with E-state index in [0.717, 1.165) is 12.3 Å². The predicted octanol–water partition coefficient (Wildman–Crippen LogP) is 4.59. The molecule has 0 saturated carbocycles. The van der Waals surface area contributed by atoms with Crippen molar-refractivity contribution in [3.05, 3.63) is 94.3 Å². The molecule has 3 aromatic rings. The number of halogens is 5. The number of aliphatic hydroxyl groups excluding tert-OH is 1. The molecule has 0 saturated heterocycles. The first-order valence-electron chi connectivity index (χ1n) is 9.45. The number of aromatic nitrogens is 2. The zero-order valence-corrected chi connectivity index (χ0v) is 17.3. The zero-order chi connectivity index (χ0) is 23.3. The smallest absolute Gasteiger partial charge is 0.386 e. The minimum Gasteiger partial charge on any atom is -0.386 e. The van der Waals surface area contributed by atoms with E-state index in [4.69, 9.17) is 11.6 Å². The van der Waals surface area contributed by atoms with Gasteiger partial charge in [-0.1, -0.05) is 29.8 Å². The van der Waals surface area contributed by atoms with Crippen LogP contribution in [0.5, 0.6) is 0 Å². The molecule has 3 rings (SSSR count). The molecule has 2 heterocycles. The number of benzene rings is 1. The zero-order valence-electron chi connectivity index (χ0n) is 16.6. The van der Waals surface area contributed by atoms with E-state index in [1.807, 2.05) is 0 Å². The summed E-state index contributed by atoms with van der Waals surface area (Å²) in [7, 11) is 0. The van der Waals surface area contributed by atoms with E-state index in [1.165, 1.54) is 35.5 Å². The summed E-state index contributed by atoms with van der Waals surface area (Å²) in [6.45, 7) is -0.154. The number of pyridine rings is 2. The molecule has 1 atom stereocenters. The average Bonchev–Trinajstić information content (AvgIpc) is 2.73. The van der Waals surface area contributed by atoms with Crippen LogP contribution in [-0.4, -0.2) is 32.4 Å². The molecule has 1 N–H and O–H groups in total. The van der Waals surface area contributed by atoms with Gasteiger partial charge >= 0.3 is 6.18 Å². The van der Waals surface area contributed by atoms with E-state index in [1.54, 1.807) is 18.2 Å². The van der Waals surface area contributed by atoms with Crippen molar-refractivity contribution in [1.29, 1.82) is 0 Å². The summed E-state index contributed by atoms with van der Waals surface area (Å²) in [6.07, 6.45) is -2.17. The molecule has 168 valence electrons. The minimum absolute atomic E-state index is 0.0181. The summed E-state index contributed by atoms with van der Waals surface area (Å²) in [4.78, 5) is 21.5. The summed E-state index contributed by atoms with van der Waals surface area (Å²) in [6, 6.07) is 9.94. The molecule has 0 spiro atoms. The molecule has 0 radical (unpaired) electrons. The van der Waals surface area contributed by atoms with Crippen molar-refractivity contribution >= 4 is 17.5 Å². The van der Waals surface area contributed by atoms with Gasteiger partial charge in [0.05, 0.1) is 24.1 Å². The molecule has 32 heavy (non-hydrogen) atoms. The maximum Gasteiger partial charge on any atom is 0.434 e. The van der Waals surface area contributed by atoms with Crippen LogP contribution in [0.3, 0.4) is 0 Å². The lowest BCUT2D eigenvalue weighted by Crippen LogP contribution is -2.35.